The topological polar surface area (TPSA) is 52.6 Å². The number of carbonyl (C=O) groups excluding carboxylic acids is 1. The number of allylic oxidation sites excluding steroid dienone is 4. The molecule has 1 aliphatic heterocycles. The molecule has 2 N–H and O–H groups in total. The number of nitrogens with one attached hydrogen (secondary N) is 1. The number of carbonyl (C=O) groups is 1. The zero-order chi connectivity index (χ0) is 22.8. The van der Waals surface area contributed by atoms with Crippen LogP contribution in [0.1, 0.15) is 47.0 Å². The van der Waals surface area contributed by atoms with Crippen LogP contribution in [-0.4, -0.2) is 28.6 Å². The minimum absolute atomic E-state index is 0.199. The fraction of sp³-hybridized carbons (Fsp3) is 0.435. The second kappa shape index (κ2) is 12.4. The Kier molecular flexibility index (Phi) is 10.6. The highest BCUT2D eigenvalue weighted by atomic mass is 35.5. The van der Waals surface area contributed by atoms with Crippen LogP contribution in [0.4, 0.5) is 19.3 Å². The molecule has 1 aliphatic rings. The average Bonchev–Trinajstić information content (AvgIpc) is 3.18. The molecule has 4 nitrogen and oxygen atoms in total. The predicted molar refractivity (Wildman–Crippen MR) is 120 cm³/mol. The maximum Gasteiger partial charge on any atom is 0.322 e. The van der Waals surface area contributed by atoms with Gasteiger partial charge >= 0.3 is 6.03 Å². The average molecular weight is 441 g/mol. The largest absolute Gasteiger partial charge is 0.508 e. The number of amides is 2. The number of urea groups is 1. The molecule has 1 saturated heterocycles. The summed E-state index contributed by atoms with van der Waals surface area (Å²) in [5, 5.41) is 12.2. The molecule has 1 aromatic rings. The van der Waals surface area contributed by atoms with Crippen molar-refractivity contribution in [2.45, 2.75) is 53.0 Å². The van der Waals surface area contributed by atoms with Gasteiger partial charge in [0.15, 0.2) is 11.6 Å². The molecule has 30 heavy (non-hydrogen) atoms. The summed E-state index contributed by atoms with van der Waals surface area (Å²) in [7, 11) is 0. The predicted octanol–water partition coefficient (Wildman–Crippen LogP) is 7.15. The summed E-state index contributed by atoms with van der Waals surface area (Å²) in [4.78, 5) is 14.0. The summed E-state index contributed by atoms with van der Waals surface area (Å²) in [6.45, 7) is 11.8. The smallest absolute Gasteiger partial charge is 0.322 e. The van der Waals surface area contributed by atoms with E-state index in [2.05, 4.69) is 25.7 Å². The van der Waals surface area contributed by atoms with Crippen LogP contribution in [0.5, 0.6) is 0 Å². The van der Waals surface area contributed by atoms with Gasteiger partial charge in [-0.1, -0.05) is 44.5 Å². The van der Waals surface area contributed by atoms with Gasteiger partial charge in [-0.05, 0) is 50.8 Å². The van der Waals surface area contributed by atoms with Crippen LogP contribution < -0.4 is 5.32 Å². The molecule has 0 aliphatic carbocycles. The number of hydrogen-bond donors (Lipinski definition) is 2. The van der Waals surface area contributed by atoms with Crippen LogP contribution in [0, 0.1) is 17.6 Å². The maximum atomic E-state index is 13.1. The van der Waals surface area contributed by atoms with Crippen molar-refractivity contribution in [1.29, 1.82) is 0 Å². The molecule has 0 spiro atoms. The van der Waals surface area contributed by atoms with Gasteiger partial charge < -0.3 is 15.3 Å². The number of hydrogen-bond acceptors (Lipinski definition) is 2. The van der Waals surface area contributed by atoms with Crippen LogP contribution in [-0.2, 0) is 0 Å². The number of rotatable bonds is 5. The molecule has 1 aromatic carbocycles. The zero-order valence-electron chi connectivity index (χ0n) is 18.0. The number of aliphatic hydroxyl groups is 1. The molecule has 2 unspecified atom stereocenters. The van der Waals surface area contributed by atoms with Gasteiger partial charge in [-0.25, -0.2) is 13.6 Å². The Labute approximate surface area is 182 Å². The molecule has 0 radical (unpaired) electrons. The minimum atomic E-state index is -0.956. The quantitative estimate of drug-likeness (QED) is 0.377. The number of aliphatic hydroxyl groups excluding tert-OH is 1. The Balaban J connectivity index is 0.000000382. The van der Waals surface area contributed by atoms with Gasteiger partial charge in [0.1, 0.15) is 5.76 Å². The number of likely N-dealkylation sites (tertiary alicyclic amines) is 1. The third kappa shape index (κ3) is 7.17. The molecule has 2 atom stereocenters. The Morgan fingerprint density at radius 1 is 1.33 bits per heavy atom. The van der Waals surface area contributed by atoms with E-state index in [9.17, 15) is 13.6 Å². The van der Waals surface area contributed by atoms with E-state index in [4.69, 9.17) is 16.7 Å². The molecule has 1 fully saturated rings. The van der Waals surface area contributed by atoms with Gasteiger partial charge in [-0.2, -0.15) is 0 Å². The van der Waals surface area contributed by atoms with Gasteiger partial charge in [-0.15, -0.1) is 0 Å². The van der Waals surface area contributed by atoms with E-state index in [1.54, 1.807) is 24.8 Å². The van der Waals surface area contributed by atoms with Gasteiger partial charge in [0.2, 0.25) is 0 Å². The minimum Gasteiger partial charge on any atom is -0.508 e. The molecule has 7 heteroatoms. The third-order valence-corrected chi connectivity index (χ3v) is 5.61. The van der Waals surface area contributed by atoms with Crippen molar-refractivity contribution >= 4 is 23.3 Å². The first-order valence-corrected chi connectivity index (χ1v) is 10.4. The molecule has 2 rings (SSSR count). The van der Waals surface area contributed by atoms with Crippen molar-refractivity contribution < 1.29 is 18.7 Å². The van der Waals surface area contributed by atoms with E-state index in [1.807, 2.05) is 0 Å². The highest BCUT2D eigenvalue weighted by Gasteiger charge is 2.33. The van der Waals surface area contributed by atoms with Crippen LogP contribution in [0.25, 0.3) is 0 Å². The van der Waals surface area contributed by atoms with E-state index in [0.717, 1.165) is 37.9 Å². The molecule has 2 amide bonds. The van der Waals surface area contributed by atoms with E-state index in [1.165, 1.54) is 12.1 Å². The Bertz CT molecular complexity index is 808. The van der Waals surface area contributed by atoms with Crippen molar-refractivity contribution in [3.8, 4) is 0 Å². The van der Waals surface area contributed by atoms with E-state index in [-0.39, 0.29) is 23.5 Å². The summed E-state index contributed by atoms with van der Waals surface area (Å²) < 4.78 is 26.0. The number of nitrogens with zero attached hydrogens (tertiary/aromatic N) is 1. The number of benzene rings is 1. The first kappa shape index (κ1) is 25.7. The standard InChI is InChI=1S/C15H20F2N2O.C8H11ClO/c1-3-10-7-12(4-2)19(9-10)15(20)18-11-5-6-13(16)14(17)8-11;1-4-7(9)6(3)8(10)5-2/h5-6,8,10,12H,3-4,7,9H2,1-2H3,(H,18,20);4-5,10H,1H2,2-3H3/b;7-6+,8-5+. The second-order valence-electron chi connectivity index (χ2n) is 7.13. The first-order valence-electron chi connectivity index (χ1n) is 10.0. The van der Waals surface area contributed by atoms with Crippen molar-refractivity contribution in [2.75, 3.05) is 11.9 Å². The number of anilines is 1. The van der Waals surface area contributed by atoms with E-state index >= 15 is 0 Å². The first-order chi connectivity index (χ1) is 14.2. The molecular formula is C23H31ClF2N2O2. The lowest BCUT2D eigenvalue weighted by Gasteiger charge is -2.24. The van der Waals surface area contributed by atoms with Crippen molar-refractivity contribution in [2.24, 2.45) is 5.92 Å². The summed E-state index contributed by atoms with van der Waals surface area (Å²) in [5.41, 5.74) is 0.933. The fourth-order valence-corrected chi connectivity index (χ4v) is 3.30. The normalized spacial score (nSPS) is 19.6. The lowest BCUT2D eigenvalue weighted by Crippen LogP contribution is -2.38. The van der Waals surface area contributed by atoms with E-state index < -0.39 is 11.6 Å². The summed E-state index contributed by atoms with van der Waals surface area (Å²) in [6.07, 6.45) is 6.04. The van der Waals surface area contributed by atoms with Crippen LogP contribution in [0.15, 0.2) is 53.3 Å². The molecule has 0 saturated carbocycles. The Morgan fingerprint density at radius 3 is 2.50 bits per heavy atom. The van der Waals surface area contributed by atoms with Crippen molar-refractivity contribution in [1.82, 2.24) is 4.90 Å². The molecule has 0 aromatic heterocycles. The maximum absolute atomic E-state index is 13.1. The third-order valence-electron chi connectivity index (χ3n) is 5.18. The monoisotopic (exact) mass is 440 g/mol. The fourth-order valence-electron chi connectivity index (χ4n) is 3.21. The van der Waals surface area contributed by atoms with Gasteiger partial charge in [0, 0.05) is 34.9 Å². The van der Waals surface area contributed by atoms with E-state index in [0.29, 0.717) is 16.5 Å². The molecule has 166 valence electrons. The van der Waals surface area contributed by atoms with Gasteiger partial charge in [-0.3, -0.25) is 0 Å². The summed E-state index contributed by atoms with van der Waals surface area (Å²) >= 11 is 5.65. The van der Waals surface area contributed by atoms with Gasteiger partial charge in [0.05, 0.1) is 0 Å². The van der Waals surface area contributed by atoms with Crippen LogP contribution >= 0.6 is 11.6 Å². The van der Waals surface area contributed by atoms with Crippen molar-refractivity contribution in [3.05, 3.63) is 64.9 Å². The lowest BCUT2D eigenvalue weighted by atomic mass is 10.0. The summed E-state index contributed by atoms with van der Waals surface area (Å²) in [5.74, 6) is -1.15. The Morgan fingerprint density at radius 2 is 2.00 bits per heavy atom. The molecule has 1 heterocycles. The highest BCUT2D eigenvalue weighted by molar-refractivity contribution is 6.31. The highest BCUT2D eigenvalue weighted by Crippen LogP contribution is 2.28. The van der Waals surface area contributed by atoms with Crippen LogP contribution in [0.3, 0.4) is 0 Å². The van der Waals surface area contributed by atoms with Crippen LogP contribution in [0.2, 0.25) is 0 Å². The molecule has 0 bridgehead atoms. The van der Waals surface area contributed by atoms with Crippen molar-refractivity contribution in [3.63, 3.8) is 0 Å². The molecular weight excluding hydrogens is 410 g/mol. The zero-order valence-corrected chi connectivity index (χ0v) is 18.8. The van der Waals surface area contributed by atoms with Gasteiger partial charge in [0.25, 0.3) is 0 Å². The lowest BCUT2D eigenvalue weighted by molar-refractivity contribution is 0.204. The SMILES string of the molecule is C=C/C(Cl)=C(C)\C(O)=C/C.CCC1CC(CC)N(C(=O)Nc2ccc(F)c(F)c2)C1. The Hall–Kier alpha value is -2.34. The number of halogens is 3. The second-order valence-corrected chi connectivity index (χ2v) is 7.54. The summed E-state index contributed by atoms with van der Waals surface area (Å²) in [6, 6.07) is 3.37.